The largest absolute Gasteiger partial charge is 0.380 e. The number of nitrogens with zero attached hydrogens (tertiary/aromatic N) is 2. The molecule has 26 heavy (non-hydrogen) atoms. The lowest BCUT2D eigenvalue weighted by Gasteiger charge is -2.15. The summed E-state index contributed by atoms with van der Waals surface area (Å²) >= 11 is 1.32. The predicted octanol–water partition coefficient (Wildman–Crippen LogP) is 4.47. The van der Waals surface area contributed by atoms with Gasteiger partial charge < -0.3 is 4.74 Å². The van der Waals surface area contributed by atoms with E-state index < -0.39 is 0 Å². The van der Waals surface area contributed by atoms with Crippen LogP contribution < -0.4 is 0 Å². The summed E-state index contributed by atoms with van der Waals surface area (Å²) in [5.41, 5.74) is 1.56. The number of halogens is 1. The summed E-state index contributed by atoms with van der Waals surface area (Å²) < 4.78 is 18.5. The molecule has 1 amide bonds. The second kappa shape index (κ2) is 8.78. The van der Waals surface area contributed by atoms with Crippen LogP contribution in [0.2, 0.25) is 0 Å². The second-order valence-electron chi connectivity index (χ2n) is 5.55. The van der Waals surface area contributed by atoms with Crippen molar-refractivity contribution >= 4 is 34.6 Å². The number of amidine groups is 1. The molecule has 0 saturated carbocycles. The van der Waals surface area contributed by atoms with Gasteiger partial charge in [-0.25, -0.2) is 9.38 Å². The number of carbonyl (C=O) groups is 1. The summed E-state index contributed by atoms with van der Waals surface area (Å²) in [4.78, 5) is 19.6. The van der Waals surface area contributed by atoms with Crippen LogP contribution in [0.4, 0.5) is 10.1 Å². The molecule has 1 aliphatic rings. The number of para-hydroxylation sites is 1. The molecule has 1 saturated heterocycles. The van der Waals surface area contributed by atoms with Gasteiger partial charge in [-0.15, -0.1) is 0 Å². The van der Waals surface area contributed by atoms with Crippen LogP contribution in [0.25, 0.3) is 6.08 Å². The van der Waals surface area contributed by atoms with E-state index in [-0.39, 0.29) is 11.7 Å². The van der Waals surface area contributed by atoms with Crippen LogP contribution >= 0.6 is 11.8 Å². The number of hydrogen-bond donors (Lipinski definition) is 0. The number of carbonyl (C=O) groups excluding carboxylic acids is 1. The molecule has 2 aromatic carbocycles. The van der Waals surface area contributed by atoms with Crippen molar-refractivity contribution in [1.82, 2.24) is 4.90 Å². The molecule has 0 spiro atoms. The number of rotatable bonds is 6. The van der Waals surface area contributed by atoms with Gasteiger partial charge in [0.2, 0.25) is 0 Å². The number of thioether (sulfide) groups is 1. The van der Waals surface area contributed by atoms with Crippen molar-refractivity contribution < 1.29 is 13.9 Å². The fourth-order valence-corrected chi connectivity index (χ4v) is 3.44. The van der Waals surface area contributed by atoms with E-state index in [1.807, 2.05) is 37.3 Å². The molecule has 3 rings (SSSR count). The van der Waals surface area contributed by atoms with Crippen LogP contribution in [0.15, 0.2) is 64.5 Å². The van der Waals surface area contributed by atoms with E-state index in [0.29, 0.717) is 29.8 Å². The summed E-state index contributed by atoms with van der Waals surface area (Å²) in [6, 6.07) is 15.6. The Balaban J connectivity index is 1.88. The molecule has 6 heteroatoms. The number of ether oxygens (including phenoxy) is 1. The van der Waals surface area contributed by atoms with E-state index in [1.165, 1.54) is 23.9 Å². The predicted molar refractivity (Wildman–Crippen MR) is 104 cm³/mol. The highest BCUT2D eigenvalue weighted by Gasteiger charge is 2.33. The molecule has 1 aliphatic heterocycles. The normalized spacial score (nSPS) is 17.5. The molecule has 0 unspecified atom stereocenters. The monoisotopic (exact) mass is 370 g/mol. The molecule has 0 radical (unpaired) electrons. The Morgan fingerprint density at radius 1 is 1.15 bits per heavy atom. The average molecular weight is 370 g/mol. The van der Waals surface area contributed by atoms with Crippen LogP contribution in [0.3, 0.4) is 0 Å². The Labute approximate surface area is 156 Å². The third-order valence-corrected chi connectivity index (χ3v) is 4.71. The number of hydrogen-bond acceptors (Lipinski definition) is 4. The van der Waals surface area contributed by atoms with Gasteiger partial charge in [0.25, 0.3) is 5.91 Å². The smallest absolute Gasteiger partial charge is 0.266 e. The molecular weight excluding hydrogens is 351 g/mol. The van der Waals surface area contributed by atoms with E-state index in [1.54, 1.807) is 23.1 Å². The Kier molecular flexibility index (Phi) is 6.20. The van der Waals surface area contributed by atoms with Gasteiger partial charge in [-0.05, 0) is 54.6 Å². The third-order valence-electron chi connectivity index (χ3n) is 3.70. The molecule has 0 atom stereocenters. The first-order chi connectivity index (χ1) is 12.7. The summed E-state index contributed by atoms with van der Waals surface area (Å²) in [7, 11) is 0. The van der Waals surface area contributed by atoms with Crippen molar-refractivity contribution in [2.75, 3.05) is 19.8 Å². The van der Waals surface area contributed by atoms with Gasteiger partial charge in [-0.2, -0.15) is 0 Å². The average Bonchev–Trinajstić information content (AvgIpc) is 2.93. The molecule has 0 aromatic heterocycles. The Hall–Kier alpha value is -2.44. The summed E-state index contributed by atoms with van der Waals surface area (Å²) in [6.45, 7) is 3.39. The lowest BCUT2D eigenvalue weighted by atomic mass is 10.2. The highest BCUT2D eigenvalue weighted by atomic mass is 32.2. The second-order valence-corrected chi connectivity index (χ2v) is 6.55. The molecule has 0 bridgehead atoms. The van der Waals surface area contributed by atoms with Crippen LogP contribution in [0.1, 0.15) is 12.5 Å². The van der Waals surface area contributed by atoms with E-state index in [0.717, 1.165) is 11.3 Å². The van der Waals surface area contributed by atoms with Gasteiger partial charge in [0.15, 0.2) is 5.17 Å². The molecule has 1 heterocycles. The van der Waals surface area contributed by atoms with Crippen molar-refractivity contribution in [3.8, 4) is 0 Å². The van der Waals surface area contributed by atoms with Crippen LogP contribution in [-0.2, 0) is 9.53 Å². The minimum Gasteiger partial charge on any atom is -0.380 e. The van der Waals surface area contributed by atoms with Crippen molar-refractivity contribution in [2.24, 2.45) is 4.99 Å². The van der Waals surface area contributed by atoms with Gasteiger partial charge in [0.05, 0.1) is 23.7 Å². The van der Waals surface area contributed by atoms with Gasteiger partial charge in [0.1, 0.15) is 5.82 Å². The summed E-state index contributed by atoms with van der Waals surface area (Å²) in [5, 5.41) is 0.620. The highest BCUT2D eigenvalue weighted by Crippen LogP contribution is 2.34. The molecular formula is C20H19FN2O2S. The Bertz CT molecular complexity index is 819. The zero-order valence-electron chi connectivity index (χ0n) is 14.4. The van der Waals surface area contributed by atoms with Crippen molar-refractivity contribution in [1.29, 1.82) is 0 Å². The summed E-state index contributed by atoms with van der Waals surface area (Å²) in [5.74, 6) is -0.420. The van der Waals surface area contributed by atoms with Crippen molar-refractivity contribution in [2.45, 2.75) is 6.92 Å². The maximum absolute atomic E-state index is 13.1. The van der Waals surface area contributed by atoms with E-state index in [4.69, 9.17) is 4.74 Å². The molecule has 0 aliphatic carbocycles. The van der Waals surface area contributed by atoms with E-state index >= 15 is 0 Å². The van der Waals surface area contributed by atoms with Crippen LogP contribution in [-0.4, -0.2) is 35.7 Å². The first kappa shape index (κ1) is 18.4. The Morgan fingerprint density at radius 2 is 1.88 bits per heavy atom. The molecule has 0 N–H and O–H groups in total. The number of benzene rings is 2. The van der Waals surface area contributed by atoms with Crippen LogP contribution in [0.5, 0.6) is 0 Å². The SMILES string of the molecule is CCOCCN1C(=O)/C(=C/c2ccc(F)cc2)SC1=Nc1ccccc1. The topological polar surface area (TPSA) is 41.9 Å². The first-order valence-corrected chi connectivity index (χ1v) is 9.17. The van der Waals surface area contributed by atoms with Gasteiger partial charge in [-0.1, -0.05) is 30.3 Å². The quantitative estimate of drug-likeness (QED) is 0.557. The van der Waals surface area contributed by atoms with Gasteiger partial charge in [-0.3, -0.25) is 9.69 Å². The van der Waals surface area contributed by atoms with E-state index in [2.05, 4.69) is 4.99 Å². The van der Waals surface area contributed by atoms with Crippen molar-refractivity contribution in [3.05, 3.63) is 70.9 Å². The van der Waals surface area contributed by atoms with Gasteiger partial charge >= 0.3 is 0 Å². The lowest BCUT2D eigenvalue weighted by molar-refractivity contribution is -0.122. The molecule has 2 aromatic rings. The fraction of sp³-hybridized carbons (Fsp3) is 0.200. The number of aliphatic imine (C=N–C) groups is 1. The molecule has 4 nitrogen and oxygen atoms in total. The molecule has 134 valence electrons. The maximum atomic E-state index is 13.1. The molecule has 1 fully saturated rings. The minimum absolute atomic E-state index is 0.117. The maximum Gasteiger partial charge on any atom is 0.266 e. The third kappa shape index (κ3) is 4.59. The number of amides is 1. The lowest BCUT2D eigenvalue weighted by Crippen LogP contribution is -2.32. The van der Waals surface area contributed by atoms with E-state index in [9.17, 15) is 9.18 Å². The summed E-state index contributed by atoms with van der Waals surface area (Å²) in [6.07, 6.45) is 1.76. The zero-order chi connectivity index (χ0) is 18.4. The first-order valence-electron chi connectivity index (χ1n) is 8.36. The Morgan fingerprint density at radius 3 is 2.58 bits per heavy atom. The van der Waals surface area contributed by atoms with Crippen molar-refractivity contribution in [3.63, 3.8) is 0 Å². The zero-order valence-corrected chi connectivity index (χ0v) is 15.2. The van der Waals surface area contributed by atoms with Gasteiger partial charge in [0, 0.05) is 6.61 Å². The highest BCUT2D eigenvalue weighted by molar-refractivity contribution is 8.18. The van der Waals surface area contributed by atoms with Crippen LogP contribution in [0, 0.1) is 5.82 Å². The minimum atomic E-state index is -0.303. The fourth-order valence-electron chi connectivity index (χ4n) is 2.41. The standard InChI is InChI=1S/C20H19FN2O2S/c1-2-25-13-12-23-19(24)18(14-15-8-10-16(21)11-9-15)26-20(23)22-17-6-4-3-5-7-17/h3-11,14H,2,12-13H2,1H3/b18-14-,22-20?.